The highest BCUT2D eigenvalue weighted by Gasteiger charge is 2.07. The highest BCUT2D eigenvalue weighted by Crippen LogP contribution is 2.01. The molecule has 0 aromatic carbocycles. The summed E-state index contributed by atoms with van der Waals surface area (Å²) in [6.07, 6.45) is 6.83. The Morgan fingerprint density at radius 3 is 2.73 bits per heavy atom. The molecule has 0 atom stereocenters. The van der Waals surface area contributed by atoms with Gasteiger partial charge in [-0.05, 0) is 20.3 Å². The van der Waals surface area contributed by atoms with Gasteiger partial charge in [-0.2, -0.15) is 0 Å². The quantitative estimate of drug-likeness (QED) is 0.669. The Hall–Kier alpha value is -0.540. The standard InChI is InChI=1S/C11H20ClN3/c1-11(2)15(8-4-12)7-3-6-14-9-5-13-10-14/h5,9-11H,3-4,6-8H2,1-2H3. The normalized spacial score (nSPS) is 11.5. The zero-order valence-corrected chi connectivity index (χ0v) is 10.3. The molecule has 0 amide bonds. The van der Waals surface area contributed by atoms with Gasteiger partial charge in [0, 0.05) is 43.9 Å². The lowest BCUT2D eigenvalue weighted by Gasteiger charge is -2.25. The molecule has 0 fully saturated rings. The van der Waals surface area contributed by atoms with Gasteiger partial charge < -0.3 is 4.57 Å². The molecule has 0 radical (unpaired) electrons. The molecule has 0 saturated carbocycles. The van der Waals surface area contributed by atoms with E-state index in [0.29, 0.717) is 11.9 Å². The van der Waals surface area contributed by atoms with Crippen LogP contribution in [-0.4, -0.2) is 39.5 Å². The van der Waals surface area contributed by atoms with Gasteiger partial charge in [0.05, 0.1) is 6.33 Å². The molecule has 0 saturated heterocycles. The van der Waals surface area contributed by atoms with E-state index in [2.05, 4.69) is 28.3 Å². The first-order chi connectivity index (χ1) is 7.24. The zero-order valence-electron chi connectivity index (χ0n) is 9.56. The number of hydrogen-bond acceptors (Lipinski definition) is 2. The van der Waals surface area contributed by atoms with Crippen molar-refractivity contribution >= 4 is 11.6 Å². The number of alkyl halides is 1. The first-order valence-corrected chi connectivity index (χ1v) is 6.03. The van der Waals surface area contributed by atoms with E-state index in [1.54, 1.807) is 0 Å². The van der Waals surface area contributed by atoms with Crippen LogP contribution in [0.3, 0.4) is 0 Å². The van der Waals surface area contributed by atoms with E-state index >= 15 is 0 Å². The number of aryl methyl sites for hydroxylation is 1. The summed E-state index contributed by atoms with van der Waals surface area (Å²) in [4.78, 5) is 6.43. The average Bonchev–Trinajstić information content (AvgIpc) is 2.69. The minimum absolute atomic E-state index is 0.575. The summed E-state index contributed by atoms with van der Waals surface area (Å²) in [7, 11) is 0. The largest absolute Gasteiger partial charge is 0.337 e. The number of aromatic nitrogens is 2. The Morgan fingerprint density at radius 2 is 2.20 bits per heavy atom. The van der Waals surface area contributed by atoms with Gasteiger partial charge in [-0.3, -0.25) is 4.90 Å². The SMILES string of the molecule is CC(C)N(CCCl)CCCn1ccnc1. The van der Waals surface area contributed by atoms with Crippen molar-refractivity contribution < 1.29 is 0 Å². The van der Waals surface area contributed by atoms with Gasteiger partial charge in [-0.1, -0.05) is 0 Å². The molecule has 4 heteroatoms. The van der Waals surface area contributed by atoms with E-state index < -0.39 is 0 Å². The van der Waals surface area contributed by atoms with E-state index in [4.69, 9.17) is 11.6 Å². The molecule has 1 rings (SSSR count). The number of hydrogen-bond donors (Lipinski definition) is 0. The first-order valence-electron chi connectivity index (χ1n) is 5.49. The molecule has 3 nitrogen and oxygen atoms in total. The average molecular weight is 230 g/mol. The van der Waals surface area contributed by atoms with Crippen molar-refractivity contribution in [2.75, 3.05) is 19.0 Å². The minimum atomic E-state index is 0.575. The van der Waals surface area contributed by atoms with E-state index in [1.165, 1.54) is 0 Å². The monoisotopic (exact) mass is 229 g/mol. The lowest BCUT2D eigenvalue weighted by Crippen LogP contribution is -2.33. The van der Waals surface area contributed by atoms with Crippen molar-refractivity contribution in [3.8, 4) is 0 Å². The van der Waals surface area contributed by atoms with Crippen molar-refractivity contribution in [2.24, 2.45) is 0 Å². The van der Waals surface area contributed by atoms with Crippen molar-refractivity contribution in [3.05, 3.63) is 18.7 Å². The molecule has 0 aliphatic heterocycles. The molecule has 15 heavy (non-hydrogen) atoms. The fraction of sp³-hybridized carbons (Fsp3) is 0.727. The molecule has 0 bridgehead atoms. The van der Waals surface area contributed by atoms with Crippen LogP contribution in [0.2, 0.25) is 0 Å². The Morgan fingerprint density at radius 1 is 1.40 bits per heavy atom. The van der Waals surface area contributed by atoms with Crippen LogP contribution in [0, 0.1) is 0 Å². The van der Waals surface area contributed by atoms with E-state index in [1.807, 2.05) is 18.7 Å². The van der Waals surface area contributed by atoms with Gasteiger partial charge in [0.15, 0.2) is 0 Å². The Labute approximate surface area is 97.1 Å². The van der Waals surface area contributed by atoms with Crippen molar-refractivity contribution in [2.45, 2.75) is 32.9 Å². The van der Waals surface area contributed by atoms with Gasteiger partial charge in [-0.25, -0.2) is 4.98 Å². The van der Waals surface area contributed by atoms with Gasteiger partial charge in [-0.15, -0.1) is 11.6 Å². The highest BCUT2D eigenvalue weighted by molar-refractivity contribution is 6.18. The lowest BCUT2D eigenvalue weighted by atomic mass is 10.3. The summed E-state index contributed by atoms with van der Waals surface area (Å²) >= 11 is 5.76. The van der Waals surface area contributed by atoms with Crippen LogP contribution in [-0.2, 0) is 6.54 Å². The topological polar surface area (TPSA) is 21.1 Å². The maximum atomic E-state index is 5.76. The van der Waals surface area contributed by atoms with E-state index in [-0.39, 0.29) is 0 Å². The zero-order chi connectivity index (χ0) is 11.1. The predicted molar refractivity (Wildman–Crippen MR) is 64.3 cm³/mol. The predicted octanol–water partition coefficient (Wildman–Crippen LogP) is 2.22. The van der Waals surface area contributed by atoms with Crippen LogP contribution in [0.4, 0.5) is 0 Å². The summed E-state index contributed by atoms with van der Waals surface area (Å²) in [6.45, 7) is 7.53. The molecule has 0 aliphatic rings. The highest BCUT2D eigenvalue weighted by atomic mass is 35.5. The maximum absolute atomic E-state index is 5.76. The smallest absolute Gasteiger partial charge is 0.0945 e. The summed E-state index contributed by atoms with van der Waals surface area (Å²) in [5.74, 6) is 0.712. The number of imidazole rings is 1. The third-order valence-corrected chi connectivity index (χ3v) is 2.69. The fourth-order valence-corrected chi connectivity index (χ4v) is 1.83. The van der Waals surface area contributed by atoms with Crippen LogP contribution in [0.1, 0.15) is 20.3 Å². The van der Waals surface area contributed by atoms with E-state index in [0.717, 1.165) is 26.1 Å². The van der Waals surface area contributed by atoms with Crippen molar-refractivity contribution in [3.63, 3.8) is 0 Å². The number of nitrogens with zero attached hydrogens (tertiary/aromatic N) is 3. The molecular weight excluding hydrogens is 210 g/mol. The number of rotatable bonds is 7. The molecule has 1 aromatic rings. The number of halogens is 1. The lowest BCUT2D eigenvalue weighted by molar-refractivity contribution is 0.228. The van der Waals surface area contributed by atoms with Crippen molar-refractivity contribution in [1.82, 2.24) is 14.5 Å². The molecule has 86 valence electrons. The van der Waals surface area contributed by atoms with Gasteiger partial charge in [0.25, 0.3) is 0 Å². The fourth-order valence-electron chi connectivity index (χ4n) is 1.61. The molecule has 0 spiro atoms. The Kier molecular flexibility index (Phi) is 5.73. The molecule has 0 N–H and O–H groups in total. The molecule has 0 unspecified atom stereocenters. The summed E-state index contributed by atoms with van der Waals surface area (Å²) < 4.78 is 2.11. The van der Waals surface area contributed by atoms with Crippen LogP contribution in [0.15, 0.2) is 18.7 Å². The van der Waals surface area contributed by atoms with Gasteiger partial charge in [0.1, 0.15) is 0 Å². The second-order valence-electron chi connectivity index (χ2n) is 3.97. The third-order valence-electron chi connectivity index (χ3n) is 2.52. The summed E-state index contributed by atoms with van der Waals surface area (Å²) in [5.41, 5.74) is 0. The minimum Gasteiger partial charge on any atom is -0.337 e. The molecular formula is C11H20ClN3. The Bertz CT molecular complexity index is 246. The second kappa shape index (κ2) is 6.85. The van der Waals surface area contributed by atoms with Gasteiger partial charge in [0.2, 0.25) is 0 Å². The summed E-state index contributed by atoms with van der Waals surface area (Å²) in [6, 6.07) is 0.575. The third kappa shape index (κ3) is 4.67. The van der Waals surface area contributed by atoms with Crippen molar-refractivity contribution in [1.29, 1.82) is 0 Å². The van der Waals surface area contributed by atoms with Crippen LogP contribution in [0.5, 0.6) is 0 Å². The molecule has 1 heterocycles. The molecule has 0 aliphatic carbocycles. The van der Waals surface area contributed by atoms with E-state index in [9.17, 15) is 0 Å². The maximum Gasteiger partial charge on any atom is 0.0945 e. The summed E-state index contributed by atoms with van der Waals surface area (Å²) in [5, 5.41) is 0. The van der Waals surface area contributed by atoms with Gasteiger partial charge >= 0.3 is 0 Å². The Balaban J connectivity index is 2.22. The second-order valence-corrected chi connectivity index (χ2v) is 4.35. The molecule has 1 aromatic heterocycles. The van der Waals surface area contributed by atoms with Crippen LogP contribution >= 0.6 is 11.6 Å². The first kappa shape index (κ1) is 12.5. The van der Waals surface area contributed by atoms with Crippen LogP contribution < -0.4 is 0 Å². The van der Waals surface area contributed by atoms with Crippen LogP contribution in [0.25, 0.3) is 0 Å².